The van der Waals surface area contributed by atoms with Gasteiger partial charge in [0.15, 0.2) is 12.1 Å². The summed E-state index contributed by atoms with van der Waals surface area (Å²) in [5, 5.41) is 13.4. The lowest BCUT2D eigenvalue weighted by molar-refractivity contribution is 0.190. The SMILES string of the molecule is CNC1CN(C2N=Cc3cccn3N2c2cc(C)[nH]n2)CC12CCCC2. The average Bonchev–Trinajstić information content (AvgIpc) is 3.42. The molecule has 26 heavy (non-hydrogen) atoms. The van der Waals surface area contributed by atoms with Crippen molar-refractivity contribution in [1.29, 1.82) is 0 Å². The lowest BCUT2D eigenvalue weighted by Crippen LogP contribution is -2.52. The first-order valence-electron chi connectivity index (χ1n) is 9.64. The van der Waals surface area contributed by atoms with Crippen LogP contribution in [0.25, 0.3) is 0 Å². The molecule has 4 heterocycles. The number of nitrogens with one attached hydrogen (secondary N) is 2. The monoisotopic (exact) mass is 353 g/mol. The minimum atomic E-state index is -0.0616. The summed E-state index contributed by atoms with van der Waals surface area (Å²) in [5.74, 6) is 0.912. The Balaban J connectivity index is 1.51. The van der Waals surface area contributed by atoms with Gasteiger partial charge in [0.05, 0.1) is 11.9 Å². The van der Waals surface area contributed by atoms with Gasteiger partial charge in [0.2, 0.25) is 0 Å². The molecule has 7 nitrogen and oxygen atoms in total. The van der Waals surface area contributed by atoms with Gasteiger partial charge in [-0.2, -0.15) is 5.10 Å². The van der Waals surface area contributed by atoms with Gasteiger partial charge in [0.25, 0.3) is 0 Å². The van der Waals surface area contributed by atoms with Gasteiger partial charge in [-0.25, -0.2) is 10.0 Å². The average molecular weight is 353 g/mol. The number of likely N-dealkylation sites (N-methyl/N-ethyl adjacent to an activating group) is 1. The highest BCUT2D eigenvalue weighted by Gasteiger charge is 2.50. The minimum absolute atomic E-state index is 0.0616. The molecule has 0 aromatic carbocycles. The van der Waals surface area contributed by atoms with E-state index in [0.29, 0.717) is 11.5 Å². The Morgan fingerprint density at radius 1 is 1.31 bits per heavy atom. The number of aromatic nitrogens is 3. The molecular weight excluding hydrogens is 326 g/mol. The Kier molecular flexibility index (Phi) is 3.68. The first kappa shape index (κ1) is 16.1. The summed E-state index contributed by atoms with van der Waals surface area (Å²) in [6.07, 6.45) is 9.37. The molecule has 2 fully saturated rings. The van der Waals surface area contributed by atoms with Crippen LogP contribution < -0.4 is 10.3 Å². The number of H-pyrrole nitrogens is 1. The van der Waals surface area contributed by atoms with Crippen molar-refractivity contribution in [3.8, 4) is 0 Å². The van der Waals surface area contributed by atoms with Crippen molar-refractivity contribution in [2.24, 2.45) is 10.4 Å². The zero-order valence-electron chi connectivity index (χ0n) is 15.5. The van der Waals surface area contributed by atoms with Crippen molar-refractivity contribution in [3.63, 3.8) is 0 Å². The maximum absolute atomic E-state index is 4.94. The van der Waals surface area contributed by atoms with Gasteiger partial charge in [0.1, 0.15) is 0 Å². The van der Waals surface area contributed by atoms with E-state index in [4.69, 9.17) is 4.99 Å². The van der Waals surface area contributed by atoms with E-state index in [0.717, 1.165) is 30.3 Å². The van der Waals surface area contributed by atoms with E-state index in [-0.39, 0.29) is 6.29 Å². The van der Waals surface area contributed by atoms with E-state index in [1.807, 2.05) is 13.1 Å². The van der Waals surface area contributed by atoms with Gasteiger partial charge < -0.3 is 5.32 Å². The molecule has 2 aromatic heterocycles. The molecule has 2 unspecified atom stereocenters. The molecule has 2 aliphatic heterocycles. The number of aromatic amines is 1. The van der Waals surface area contributed by atoms with Crippen molar-refractivity contribution in [3.05, 3.63) is 35.8 Å². The molecule has 1 saturated heterocycles. The number of fused-ring (bicyclic) bond motifs is 1. The number of anilines is 1. The van der Waals surface area contributed by atoms with Crippen LogP contribution in [0.4, 0.5) is 5.82 Å². The van der Waals surface area contributed by atoms with Crippen LogP contribution in [-0.4, -0.2) is 58.5 Å². The lowest BCUT2D eigenvalue weighted by atomic mass is 9.81. The van der Waals surface area contributed by atoms with Crippen LogP contribution in [0.3, 0.4) is 0 Å². The second-order valence-electron chi connectivity index (χ2n) is 8.00. The van der Waals surface area contributed by atoms with Crippen LogP contribution in [0, 0.1) is 12.3 Å². The van der Waals surface area contributed by atoms with Crippen molar-refractivity contribution in [1.82, 2.24) is 25.1 Å². The third-order valence-corrected chi connectivity index (χ3v) is 6.43. The molecule has 7 heteroatoms. The van der Waals surface area contributed by atoms with Gasteiger partial charge in [0, 0.05) is 37.1 Å². The largest absolute Gasteiger partial charge is 0.315 e. The topological polar surface area (TPSA) is 64.5 Å². The second-order valence-corrected chi connectivity index (χ2v) is 8.00. The van der Waals surface area contributed by atoms with Crippen LogP contribution in [0.5, 0.6) is 0 Å². The van der Waals surface area contributed by atoms with E-state index in [2.05, 4.69) is 61.5 Å². The highest BCUT2D eigenvalue weighted by molar-refractivity contribution is 5.79. The Morgan fingerprint density at radius 2 is 2.15 bits per heavy atom. The predicted octanol–water partition coefficient (Wildman–Crippen LogP) is 1.97. The van der Waals surface area contributed by atoms with Crippen molar-refractivity contribution < 1.29 is 0 Å². The van der Waals surface area contributed by atoms with Crippen LogP contribution in [0.1, 0.15) is 37.1 Å². The number of likely N-dealkylation sites (tertiary alicyclic amines) is 1. The van der Waals surface area contributed by atoms with E-state index < -0.39 is 0 Å². The van der Waals surface area contributed by atoms with E-state index in [1.54, 1.807) is 0 Å². The molecule has 0 bridgehead atoms. The standard InChI is InChI=1S/C19H27N7/c1-14-10-17(23-22-14)26-18(21-11-15-6-5-9-25(15)26)24-12-16(20-2)19(13-24)7-3-4-8-19/h5-6,9-11,16,18,20H,3-4,7-8,12-13H2,1-2H3,(H,22,23). The second kappa shape index (κ2) is 5.96. The van der Waals surface area contributed by atoms with Crippen molar-refractivity contribution in [2.45, 2.75) is 44.9 Å². The molecule has 1 saturated carbocycles. The predicted molar refractivity (Wildman–Crippen MR) is 102 cm³/mol. The first-order valence-corrected chi connectivity index (χ1v) is 9.64. The fourth-order valence-corrected chi connectivity index (χ4v) is 5.17. The highest BCUT2D eigenvalue weighted by atomic mass is 15.7. The summed E-state index contributed by atoms with van der Waals surface area (Å²) < 4.78 is 2.17. The number of nitrogens with zero attached hydrogens (tertiary/aromatic N) is 5. The summed E-state index contributed by atoms with van der Waals surface area (Å²) in [5.41, 5.74) is 2.54. The van der Waals surface area contributed by atoms with Gasteiger partial charge in [-0.3, -0.25) is 14.7 Å². The number of hydrogen-bond donors (Lipinski definition) is 2. The zero-order valence-corrected chi connectivity index (χ0v) is 15.5. The zero-order chi connectivity index (χ0) is 17.7. The summed E-state index contributed by atoms with van der Waals surface area (Å²) >= 11 is 0. The fraction of sp³-hybridized carbons (Fsp3) is 0.579. The summed E-state index contributed by atoms with van der Waals surface area (Å²) in [6, 6.07) is 6.78. The summed E-state index contributed by atoms with van der Waals surface area (Å²) in [7, 11) is 2.11. The maximum atomic E-state index is 4.94. The van der Waals surface area contributed by atoms with Gasteiger partial charge in [-0.05, 0) is 44.4 Å². The number of aryl methyl sites for hydroxylation is 1. The van der Waals surface area contributed by atoms with Crippen LogP contribution in [-0.2, 0) is 0 Å². The van der Waals surface area contributed by atoms with E-state index in [1.165, 1.54) is 25.7 Å². The molecule has 138 valence electrons. The fourth-order valence-electron chi connectivity index (χ4n) is 5.17. The molecule has 1 aliphatic carbocycles. The molecule has 3 aliphatic rings. The molecule has 1 spiro atoms. The highest BCUT2D eigenvalue weighted by Crippen LogP contribution is 2.46. The Morgan fingerprint density at radius 3 is 2.88 bits per heavy atom. The quantitative estimate of drug-likeness (QED) is 0.886. The molecule has 2 N–H and O–H groups in total. The van der Waals surface area contributed by atoms with Crippen LogP contribution in [0.15, 0.2) is 29.4 Å². The number of aliphatic imine (C=N–C) groups is 1. The van der Waals surface area contributed by atoms with Crippen LogP contribution >= 0.6 is 0 Å². The number of rotatable bonds is 3. The van der Waals surface area contributed by atoms with Gasteiger partial charge in [-0.15, -0.1) is 0 Å². The third-order valence-electron chi connectivity index (χ3n) is 6.43. The van der Waals surface area contributed by atoms with E-state index in [9.17, 15) is 0 Å². The molecule has 0 radical (unpaired) electrons. The third kappa shape index (κ3) is 2.34. The van der Waals surface area contributed by atoms with Crippen molar-refractivity contribution in [2.75, 3.05) is 25.1 Å². The van der Waals surface area contributed by atoms with E-state index >= 15 is 0 Å². The molecule has 2 aromatic rings. The molecule has 2 atom stereocenters. The lowest BCUT2D eigenvalue weighted by Gasteiger charge is -2.38. The minimum Gasteiger partial charge on any atom is -0.315 e. The summed E-state index contributed by atoms with van der Waals surface area (Å²) in [4.78, 5) is 7.46. The van der Waals surface area contributed by atoms with Crippen molar-refractivity contribution >= 4 is 12.0 Å². The molecule has 0 amide bonds. The smallest absolute Gasteiger partial charge is 0.198 e. The van der Waals surface area contributed by atoms with Gasteiger partial charge in [-0.1, -0.05) is 12.8 Å². The Hall–Kier alpha value is -2.12. The van der Waals surface area contributed by atoms with Crippen LogP contribution in [0.2, 0.25) is 0 Å². The normalized spacial score (nSPS) is 27.5. The molecular formula is C19H27N7. The molecule has 5 rings (SSSR count). The Bertz CT molecular complexity index is 813. The Labute approximate surface area is 154 Å². The van der Waals surface area contributed by atoms with Gasteiger partial charge >= 0.3 is 0 Å². The first-order chi connectivity index (χ1) is 12.7. The number of hydrogen-bond acceptors (Lipinski definition) is 5. The summed E-state index contributed by atoms with van der Waals surface area (Å²) in [6.45, 7) is 4.15. The maximum Gasteiger partial charge on any atom is 0.198 e.